The van der Waals surface area contributed by atoms with E-state index in [0.717, 1.165) is 12.0 Å². The van der Waals surface area contributed by atoms with Crippen LogP contribution in [-0.2, 0) is 12.3 Å². The zero-order chi connectivity index (χ0) is 14.4. The molecule has 0 aromatic heterocycles. The predicted octanol–water partition coefficient (Wildman–Crippen LogP) is 4.00. The Morgan fingerprint density at radius 1 is 0.950 bits per heavy atom. The second kappa shape index (κ2) is 6.62. The molecular weight excluding hydrogens is 256 g/mol. The van der Waals surface area contributed by atoms with Crippen molar-refractivity contribution in [3.05, 3.63) is 71.8 Å². The molecule has 1 N–H and O–H groups in total. The maximum Gasteiger partial charge on any atom is 0.285 e. The van der Waals surface area contributed by atoms with Gasteiger partial charge in [0.1, 0.15) is 0 Å². The van der Waals surface area contributed by atoms with Gasteiger partial charge in [-0.2, -0.15) is 8.78 Å². The fourth-order valence-electron chi connectivity index (χ4n) is 2.13. The van der Waals surface area contributed by atoms with Gasteiger partial charge in [-0.15, -0.1) is 0 Å². The molecule has 0 saturated carbocycles. The second-order valence-corrected chi connectivity index (χ2v) is 5.04. The summed E-state index contributed by atoms with van der Waals surface area (Å²) in [4.78, 5) is 0. The van der Waals surface area contributed by atoms with E-state index < -0.39 is 5.92 Å². The largest absolute Gasteiger partial charge is 0.308 e. The Labute approximate surface area is 118 Å². The molecule has 2 aromatic rings. The Morgan fingerprint density at radius 3 is 2.10 bits per heavy atom. The highest BCUT2D eigenvalue weighted by Crippen LogP contribution is 2.26. The molecule has 0 spiro atoms. The first-order chi connectivity index (χ1) is 9.58. The fraction of sp³-hybridized carbons (Fsp3) is 0.294. The Bertz CT molecular complexity index is 511. The van der Waals surface area contributed by atoms with Crippen LogP contribution >= 0.6 is 0 Å². The smallest absolute Gasteiger partial charge is 0.285 e. The molecule has 1 nitrogen and oxygen atoms in total. The molecule has 1 atom stereocenters. The summed E-state index contributed by atoms with van der Waals surface area (Å²) >= 11 is 0. The van der Waals surface area contributed by atoms with E-state index in [9.17, 15) is 8.78 Å². The van der Waals surface area contributed by atoms with E-state index in [-0.39, 0.29) is 18.2 Å². The Kier molecular flexibility index (Phi) is 4.85. The first-order valence-electron chi connectivity index (χ1n) is 6.78. The monoisotopic (exact) mass is 275 g/mol. The highest BCUT2D eigenvalue weighted by Gasteiger charge is 2.31. The van der Waals surface area contributed by atoms with E-state index in [0.29, 0.717) is 0 Å². The number of hydrogen-bond donors (Lipinski definition) is 1. The van der Waals surface area contributed by atoms with Crippen molar-refractivity contribution in [1.29, 1.82) is 0 Å². The van der Waals surface area contributed by atoms with E-state index in [4.69, 9.17) is 0 Å². The number of rotatable bonds is 6. The zero-order valence-electron chi connectivity index (χ0n) is 11.5. The number of hydrogen-bond acceptors (Lipinski definition) is 1. The quantitative estimate of drug-likeness (QED) is 0.840. The van der Waals surface area contributed by atoms with E-state index in [1.807, 2.05) is 37.3 Å². The molecule has 20 heavy (non-hydrogen) atoms. The normalized spacial score (nSPS) is 13.2. The Morgan fingerprint density at radius 2 is 1.50 bits per heavy atom. The zero-order valence-corrected chi connectivity index (χ0v) is 11.5. The van der Waals surface area contributed by atoms with E-state index in [1.54, 1.807) is 18.2 Å². The lowest BCUT2D eigenvalue weighted by atomic mass is 10.1. The van der Waals surface area contributed by atoms with Crippen molar-refractivity contribution in [3.8, 4) is 0 Å². The molecule has 0 amide bonds. The van der Waals surface area contributed by atoms with Crippen LogP contribution in [0, 0.1) is 0 Å². The van der Waals surface area contributed by atoms with Crippen LogP contribution in [0.2, 0.25) is 0 Å². The van der Waals surface area contributed by atoms with Gasteiger partial charge in [0, 0.05) is 11.6 Å². The molecule has 2 aromatic carbocycles. The van der Waals surface area contributed by atoms with Crippen molar-refractivity contribution < 1.29 is 8.78 Å². The molecule has 0 heterocycles. The molecule has 3 heteroatoms. The highest BCUT2D eigenvalue weighted by molar-refractivity contribution is 5.20. The minimum atomic E-state index is -2.84. The van der Waals surface area contributed by atoms with Crippen LogP contribution < -0.4 is 5.32 Å². The molecule has 0 saturated heterocycles. The minimum absolute atomic E-state index is 0.00647. The van der Waals surface area contributed by atoms with Crippen LogP contribution in [-0.4, -0.2) is 12.6 Å². The first-order valence-corrected chi connectivity index (χ1v) is 6.78. The number of alkyl halides is 2. The van der Waals surface area contributed by atoms with Crippen LogP contribution in [0.3, 0.4) is 0 Å². The molecule has 0 bridgehead atoms. The lowest BCUT2D eigenvalue weighted by Gasteiger charge is -2.21. The van der Waals surface area contributed by atoms with Gasteiger partial charge in [0.2, 0.25) is 0 Å². The maximum absolute atomic E-state index is 14.0. The Hall–Kier alpha value is -1.74. The van der Waals surface area contributed by atoms with Gasteiger partial charge >= 0.3 is 0 Å². The van der Waals surface area contributed by atoms with E-state index in [2.05, 4.69) is 5.32 Å². The lowest BCUT2D eigenvalue weighted by molar-refractivity contribution is -0.00527. The van der Waals surface area contributed by atoms with Crippen molar-refractivity contribution >= 4 is 0 Å². The van der Waals surface area contributed by atoms with Gasteiger partial charge in [0.25, 0.3) is 5.92 Å². The Balaban J connectivity index is 1.88. The SMILES string of the molecule is CC(Cc1ccccc1)NCC(F)(F)c1ccccc1. The topological polar surface area (TPSA) is 12.0 Å². The van der Waals surface area contributed by atoms with Crippen LogP contribution in [0.5, 0.6) is 0 Å². The van der Waals surface area contributed by atoms with Crippen LogP contribution in [0.25, 0.3) is 0 Å². The summed E-state index contributed by atoms with van der Waals surface area (Å²) in [5, 5.41) is 2.92. The van der Waals surface area contributed by atoms with Gasteiger partial charge in [0.05, 0.1) is 6.54 Å². The molecule has 0 fully saturated rings. The third-order valence-electron chi connectivity index (χ3n) is 3.25. The predicted molar refractivity (Wildman–Crippen MR) is 77.9 cm³/mol. The molecule has 1 unspecified atom stereocenters. The summed E-state index contributed by atoms with van der Waals surface area (Å²) < 4.78 is 28.0. The third-order valence-corrected chi connectivity index (χ3v) is 3.25. The maximum atomic E-state index is 14.0. The van der Waals surface area contributed by atoms with Crippen LogP contribution in [0.4, 0.5) is 8.78 Å². The average molecular weight is 275 g/mol. The fourth-order valence-corrected chi connectivity index (χ4v) is 2.13. The van der Waals surface area contributed by atoms with Gasteiger partial charge < -0.3 is 5.32 Å². The third kappa shape index (κ3) is 4.14. The molecule has 0 radical (unpaired) electrons. The number of halogens is 2. The van der Waals surface area contributed by atoms with Crippen molar-refractivity contribution in [2.75, 3.05) is 6.54 Å². The van der Waals surface area contributed by atoms with Gasteiger partial charge in [-0.1, -0.05) is 60.7 Å². The lowest BCUT2D eigenvalue weighted by Crippen LogP contribution is -2.37. The van der Waals surface area contributed by atoms with Crippen molar-refractivity contribution in [2.45, 2.75) is 25.3 Å². The molecular formula is C17H19F2N. The summed E-state index contributed by atoms with van der Waals surface area (Å²) in [7, 11) is 0. The average Bonchev–Trinajstić information content (AvgIpc) is 2.47. The molecule has 2 rings (SSSR count). The van der Waals surface area contributed by atoms with E-state index in [1.165, 1.54) is 12.1 Å². The van der Waals surface area contributed by atoms with Gasteiger partial charge in [-0.05, 0) is 18.9 Å². The molecule has 106 valence electrons. The molecule has 0 aliphatic heterocycles. The number of benzene rings is 2. The van der Waals surface area contributed by atoms with Crippen molar-refractivity contribution in [3.63, 3.8) is 0 Å². The van der Waals surface area contributed by atoms with Gasteiger partial charge in [0.15, 0.2) is 0 Å². The summed E-state index contributed by atoms with van der Waals surface area (Å²) in [5.74, 6) is -2.84. The first kappa shape index (κ1) is 14.7. The van der Waals surface area contributed by atoms with Gasteiger partial charge in [-0.25, -0.2) is 0 Å². The van der Waals surface area contributed by atoms with Crippen molar-refractivity contribution in [2.24, 2.45) is 0 Å². The summed E-state index contributed by atoms with van der Waals surface area (Å²) in [6.45, 7) is 1.58. The molecule has 0 aliphatic carbocycles. The minimum Gasteiger partial charge on any atom is -0.308 e. The van der Waals surface area contributed by atoms with Crippen molar-refractivity contribution in [1.82, 2.24) is 5.32 Å². The second-order valence-electron chi connectivity index (χ2n) is 5.04. The van der Waals surface area contributed by atoms with Crippen LogP contribution in [0.15, 0.2) is 60.7 Å². The summed E-state index contributed by atoms with van der Waals surface area (Å²) in [5.41, 5.74) is 1.20. The standard InChI is InChI=1S/C17H19F2N/c1-14(12-15-8-4-2-5-9-15)20-13-17(18,19)16-10-6-3-7-11-16/h2-11,14,20H,12-13H2,1H3. The summed E-state index contributed by atoms with van der Waals surface area (Å²) in [6.07, 6.45) is 0.742. The number of nitrogens with one attached hydrogen (secondary N) is 1. The summed E-state index contributed by atoms with van der Waals surface area (Å²) in [6, 6.07) is 17.8. The van der Waals surface area contributed by atoms with E-state index >= 15 is 0 Å². The molecule has 0 aliphatic rings. The van der Waals surface area contributed by atoms with Crippen LogP contribution in [0.1, 0.15) is 18.1 Å². The van der Waals surface area contributed by atoms with Gasteiger partial charge in [-0.3, -0.25) is 0 Å². The highest BCUT2D eigenvalue weighted by atomic mass is 19.3.